The van der Waals surface area contributed by atoms with Crippen LogP contribution in [-0.2, 0) is 6.42 Å². The molecule has 1 fully saturated rings. The van der Waals surface area contributed by atoms with Gasteiger partial charge in [0.15, 0.2) is 0 Å². The molecule has 0 aliphatic heterocycles. The van der Waals surface area contributed by atoms with Gasteiger partial charge in [0.2, 0.25) is 0 Å². The van der Waals surface area contributed by atoms with E-state index in [4.69, 9.17) is 9.47 Å². The van der Waals surface area contributed by atoms with Gasteiger partial charge in [-0.3, -0.25) is 0 Å². The van der Waals surface area contributed by atoms with E-state index in [1.54, 1.807) is 12.1 Å². The normalized spacial score (nSPS) is 16.8. The van der Waals surface area contributed by atoms with Crippen LogP contribution in [0.2, 0.25) is 0 Å². The van der Waals surface area contributed by atoms with Crippen molar-refractivity contribution in [3.8, 4) is 11.5 Å². The number of carbonyl (C=O) groups excluding carboxylic acids is 1. The molecule has 3 rings (SSSR count). The number of hydrogen-bond donors (Lipinski definition) is 0. The first kappa shape index (κ1) is 33.0. The third-order valence-electron chi connectivity index (χ3n) is 8.82. The molecule has 0 N–H and O–H groups in total. The molecule has 0 amide bonds. The van der Waals surface area contributed by atoms with Crippen LogP contribution >= 0.6 is 0 Å². The summed E-state index contributed by atoms with van der Waals surface area (Å²) in [6.45, 7) is 6.79. The van der Waals surface area contributed by atoms with Crippen LogP contribution in [0.3, 0.4) is 0 Å². The van der Waals surface area contributed by atoms with Crippen LogP contribution in [0.25, 0.3) is 0 Å². The summed E-state index contributed by atoms with van der Waals surface area (Å²) >= 11 is 0. The predicted molar refractivity (Wildman–Crippen MR) is 173 cm³/mol. The second-order valence-corrected chi connectivity index (χ2v) is 12.2. The quantitative estimate of drug-likeness (QED) is 0.0659. The molecule has 41 heavy (non-hydrogen) atoms. The maximum absolute atomic E-state index is 12.6. The number of rotatable bonds is 21. The van der Waals surface area contributed by atoms with Crippen LogP contribution in [0.5, 0.6) is 11.5 Å². The summed E-state index contributed by atoms with van der Waals surface area (Å²) in [4.78, 5) is 12.6. The first-order valence-electron chi connectivity index (χ1n) is 16.8. The second kappa shape index (κ2) is 20.3. The van der Waals surface area contributed by atoms with E-state index >= 15 is 0 Å². The van der Waals surface area contributed by atoms with Crippen molar-refractivity contribution in [2.45, 2.75) is 129 Å². The number of carbonyl (C=O) groups is 1. The largest absolute Gasteiger partial charge is 0.494 e. The van der Waals surface area contributed by atoms with Gasteiger partial charge < -0.3 is 9.47 Å². The Morgan fingerprint density at radius 1 is 0.732 bits per heavy atom. The summed E-state index contributed by atoms with van der Waals surface area (Å²) in [5.41, 5.74) is 1.87. The van der Waals surface area contributed by atoms with E-state index in [0.29, 0.717) is 11.3 Å². The Morgan fingerprint density at radius 2 is 1.32 bits per heavy atom. The van der Waals surface area contributed by atoms with Gasteiger partial charge in [-0.15, -0.1) is 6.58 Å². The van der Waals surface area contributed by atoms with Gasteiger partial charge >= 0.3 is 5.97 Å². The van der Waals surface area contributed by atoms with Crippen LogP contribution in [0, 0.1) is 11.8 Å². The van der Waals surface area contributed by atoms with Crippen LogP contribution in [0.15, 0.2) is 61.2 Å². The van der Waals surface area contributed by atoms with Gasteiger partial charge in [0.25, 0.3) is 0 Å². The smallest absolute Gasteiger partial charge is 0.343 e. The Morgan fingerprint density at radius 3 is 1.95 bits per heavy atom. The van der Waals surface area contributed by atoms with Gasteiger partial charge in [0, 0.05) is 0 Å². The average Bonchev–Trinajstić information content (AvgIpc) is 3.00. The molecule has 1 aliphatic carbocycles. The summed E-state index contributed by atoms with van der Waals surface area (Å²) in [5, 5.41) is 0. The molecule has 0 radical (unpaired) electrons. The molecule has 2 aromatic carbocycles. The molecule has 0 aromatic heterocycles. The lowest BCUT2D eigenvalue weighted by molar-refractivity contribution is 0.0734. The Labute approximate surface area is 251 Å². The molecule has 3 nitrogen and oxygen atoms in total. The molecule has 2 aromatic rings. The lowest BCUT2D eigenvalue weighted by Gasteiger charge is -2.28. The summed E-state index contributed by atoms with van der Waals surface area (Å²) in [6, 6.07) is 15.4. The standard InChI is InChI=1S/C38H56O3/c1-3-5-7-8-9-10-11-12-13-15-31-40-36-29-25-35(26-30-36)38(39)41-37-27-23-34(24-28-37)22-21-33-19-17-32(18-20-33)16-14-6-4-2/h3,23-30,32-33H,1,4-22,31H2,2H3. The summed E-state index contributed by atoms with van der Waals surface area (Å²) < 4.78 is 11.5. The minimum atomic E-state index is -0.329. The SMILES string of the molecule is C=CCCCCCCCCCCOc1ccc(C(=O)Oc2ccc(CCC3CCC(CCCCC)CC3)cc2)cc1. The van der Waals surface area contributed by atoms with E-state index < -0.39 is 0 Å². The van der Waals surface area contributed by atoms with Gasteiger partial charge in [-0.25, -0.2) is 4.79 Å². The fraction of sp³-hybridized carbons (Fsp3) is 0.605. The Balaban J connectivity index is 1.26. The Bertz CT molecular complexity index is 954. The Kier molecular flexibility index (Phi) is 16.4. The molecule has 226 valence electrons. The highest BCUT2D eigenvalue weighted by Gasteiger charge is 2.20. The van der Waals surface area contributed by atoms with Crippen molar-refractivity contribution < 1.29 is 14.3 Å². The number of aryl methyl sites for hydroxylation is 1. The van der Waals surface area contributed by atoms with E-state index in [0.717, 1.165) is 43.5 Å². The molecule has 0 atom stereocenters. The van der Waals surface area contributed by atoms with Crippen molar-refractivity contribution >= 4 is 5.97 Å². The average molecular weight is 561 g/mol. The van der Waals surface area contributed by atoms with Crippen LogP contribution in [-0.4, -0.2) is 12.6 Å². The summed E-state index contributed by atoms with van der Waals surface area (Å²) in [7, 11) is 0. The fourth-order valence-electron chi connectivity index (χ4n) is 6.08. The second-order valence-electron chi connectivity index (χ2n) is 12.2. The van der Waals surface area contributed by atoms with E-state index in [1.807, 2.05) is 30.3 Å². The molecule has 0 saturated heterocycles. The van der Waals surface area contributed by atoms with Crippen LogP contribution in [0.1, 0.15) is 138 Å². The van der Waals surface area contributed by atoms with Crippen molar-refractivity contribution in [2.75, 3.05) is 6.61 Å². The molecule has 0 bridgehead atoms. The zero-order valence-electron chi connectivity index (χ0n) is 25.9. The highest BCUT2D eigenvalue weighted by molar-refractivity contribution is 5.91. The highest BCUT2D eigenvalue weighted by Crippen LogP contribution is 2.34. The lowest BCUT2D eigenvalue weighted by Crippen LogP contribution is -2.15. The zero-order valence-corrected chi connectivity index (χ0v) is 25.9. The number of hydrogen-bond acceptors (Lipinski definition) is 3. The van der Waals surface area contributed by atoms with Gasteiger partial charge in [-0.05, 0) is 85.9 Å². The third-order valence-corrected chi connectivity index (χ3v) is 8.82. The maximum atomic E-state index is 12.6. The van der Waals surface area contributed by atoms with Crippen LogP contribution in [0.4, 0.5) is 0 Å². The molecule has 1 saturated carbocycles. The van der Waals surface area contributed by atoms with E-state index in [2.05, 4.69) is 25.6 Å². The van der Waals surface area contributed by atoms with Crippen molar-refractivity contribution in [3.63, 3.8) is 0 Å². The predicted octanol–water partition coefficient (Wildman–Crippen LogP) is 11.3. The molecular weight excluding hydrogens is 504 g/mol. The van der Waals surface area contributed by atoms with Gasteiger partial charge in [0.05, 0.1) is 12.2 Å². The first-order valence-corrected chi connectivity index (χ1v) is 16.8. The number of unbranched alkanes of at least 4 members (excludes halogenated alkanes) is 10. The molecular formula is C38H56O3. The number of ether oxygens (including phenoxy) is 2. The van der Waals surface area contributed by atoms with E-state index in [9.17, 15) is 4.79 Å². The minimum Gasteiger partial charge on any atom is -0.494 e. The van der Waals surface area contributed by atoms with Crippen molar-refractivity contribution in [1.29, 1.82) is 0 Å². The van der Waals surface area contributed by atoms with Gasteiger partial charge in [-0.2, -0.15) is 0 Å². The van der Waals surface area contributed by atoms with Crippen molar-refractivity contribution in [3.05, 3.63) is 72.3 Å². The minimum absolute atomic E-state index is 0.329. The fourth-order valence-corrected chi connectivity index (χ4v) is 6.08. The topological polar surface area (TPSA) is 35.5 Å². The molecule has 0 spiro atoms. The highest BCUT2D eigenvalue weighted by atomic mass is 16.5. The molecule has 3 heteroatoms. The number of benzene rings is 2. The monoisotopic (exact) mass is 560 g/mol. The van der Waals surface area contributed by atoms with Gasteiger partial charge in [-0.1, -0.05) is 115 Å². The number of esters is 1. The lowest BCUT2D eigenvalue weighted by atomic mass is 9.78. The molecule has 1 aliphatic rings. The molecule has 0 unspecified atom stereocenters. The summed E-state index contributed by atoms with van der Waals surface area (Å²) in [5.74, 6) is 2.92. The molecule has 0 heterocycles. The zero-order chi connectivity index (χ0) is 29.0. The Hall–Kier alpha value is -2.55. The van der Waals surface area contributed by atoms with Crippen LogP contribution < -0.4 is 9.47 Å². The number of allylic oxidation sites excluding steroid dienone is 1. The first-order chi connectivity index (χ1) is 20.2. The summed E-state index contributed by atoms with van der Waals surface area (Å²) in [6.07, 6.45) is 26.9. The van der Waals surface area contributed by atoms with Crippen molar-refractivity contribution in [1.82, 2.24) is 0 Å². The van der Waals surface area contributed by atoms with Gasteiger partial charge in [0.1, 0.15) is 11.5 Å². The maximum Gasteiger partial charge on any atom is 0.343 e. The van der Waals surface area contributed by atoms with E-state index in [-0.39, 0.29) is 5.97 Å². The third kappa shape index (κ3) is 13.8. The van der Waals surface area contributed by atoms with Crippen molar-refractivity contribution in [2.24, 2.45) is 11.8 Å². The van der Waals surface area contributed by atoms with E-state index in [1.165, 1.54) is 108 Å².